The number of benzene rings is 1. The normalized spacial score (nSPS) is 10.4. The summed E-state index contributed by atoms with van der Waals surface area (Å²) in [6, 6.07) is 11.3. The van der Waals surface area contributed by atoms with Gasteiger partial charge in [0.2, 0.25) is 0 Å². The van der Waals surface area contributed by atoms with Crippen molar-refractivity contribution in [1.82, 2.24) is 9.97 Å². The summed E-state index contributed by atoms with van der Waals surface area (Å²) >= 11 is 0. The molecule has 4 N–H and O–H groups in total. The van der Waals surface area contributed by atoms with Gasteiger partial charge in [0, 0.05) is 0 Å². The molecule has 0 aliphatic rings. The molecule has 0 aliphatic carbocycles. The predicted octanol–water partition coefficient (Wildman–Crippen LogP) is 3.41. The van der Waals surface area contributed by atoms with Crippen LogP contribution in [-0.2, 0) is 6.54 Å². The van der Waals surface area contributed by atoms with E-state index in [4.69, 9.17) is 14.9 Å². The predicted molar refractivity (Wildman–Crippen MR) is 93.4 cm³/mol. The number of hydrogen-bond acceptors (Lipinski definition) is 7. The quantitative estimate of drug-likeness (QED) is 0.612. The molecule has 0 fully saturated rings. The minimum absolute atomic E-state index is 0.426. The number of nitrogens with two attached hydrogens (primary N) is 1. The second-order valence-electron chi connectivity index (χ2n) is 4.97. The van der Waals surface area contributed by atoms with Gasteiger partial charge in [0.05, 0.1) is 25.1 Å². The van der Waals surface area contributed by atoms with Crippen LogP contribution in [0.1, 0.15) is 12.7 Å². The molecule has 0 amide bonds. The summed E-state index contributed by atoms with van der Waals surface area (Å²) in [5.41, 5.74) is 7.39. The summed E-state index contributed by atoms with van der Waals surface area (Å²) in [5.74, 6) is 2.59. The molecule has 2 aromatic heterocycles. The highest BCUT2D eigenvalue weighted by atomic mass is 16.5. The van der Waals surface area contributed by atoms with Crippen LogP contribution >= 0.6 is 0 Å². The molecule has 3 rings (SSSR count). The summed E-state index contributed by atoms with van der Waals surface area (Å²) < 4.78 is 10.9. The summed E-state index contributed by atoms with van der Waals surface area (Å²) in [6.45, 7) is 3.00. The van der Waals surface area contributed by atoms with Gasteiger partial charge in [-0.3, -0.25) is 0 Å². The number of para-hydroxylation sites is 2. The van der Waals surface area contributed by atoms with Crippen LogP contribution in [0.4, 0.5) is 23.0 Å². The number of rotatable bonds is 7. The van der Waals surface area contributed by atoms with Gasteiger partial charge in [0.25, 0.3) is 0 Å². The Morgan fingerprint density at radius 1 is 1.12 bits per heavy atom. The van der Waals surface area contributed by atoms with Gasteiger partial charge in [0.1, 0.15) is 23.5 Å². The first-order valence-corrected chi connectivity index (χ1v) is 7.63. The van der Waals surface area contributed by atoms with Crippen LogP contribution in [0.5, 0.6) is 5.75 Å². The highest BCUT2D eigenvalue weighted by Gasteiger charge is 2.11. The van der Waals surface area contributed by atoms with Gasteiger partial charge in [-0.05, 0) is 31.2 Å². The molecule has 0 bridgehead atoms. The molecule has 0 saturated heterocycles. The van der Waals surface area contributed by atoms with Crippen molar-refractivity contribution in [1.29, 1.82) is 0 Å². The Morgan fingerprint density at radius 2 is 1.96 bits per heavy atom. The van der Waals surface area contributed by atoms with E-state index in [1.165, 1.54) is 6.33 Å². The Kier molecular flexibility index (Phi) is 4.81. The van der Waals surface area contributed by atoms with Crippen molar-refractivity contribution in [3.05, 3.63) is 54.7 Å². The van der Waals surface area contributed by atoms with E-state index in [1.807, 2.05) is 43.3 Å². The molecule has 1 aromatic carbocycles. The van der Waals surface area contributed by atoms with Crippen molar-refractivity contribution in [2.45, 2.75) is 13.5 Å². The van der Waals surface area contributed by atoms with Crippen molar-refractivity contribution in [2.75, 3.05) is 23.0 Å². The number of nitrogens with one attached hydrogen (secondary N) is 2. The van der Waals surface area contributed by atoms with Gasteiger partial charge in [-0.25, -0.2) is 9.97 Å². The molecule has 124 valence electrons. The van der Waals surface area contributed by atoms with E-state index < -0.39 is 0 Å². The zero-order valence-corrected chi connectivity index (χ0v) is 13.3. The molecule has 0 radical (unpaired) electrons. The molecule has 24 heavy (non-hydrogen) atoms. The Labute approximate surface area is 139 Å². The first-order valence-electron chi connectivity index (χ1n) is 7.63. The van der Waals surface area contributed by atoms with Gasteiger partial charge in [0.15, 0.2) is 11.6 Å². The SMILES string of the molecule is CCOc1ccccc1Nc1ncnc(NCc2ccco2)c1N. The summed E-state index contributed by atoms with van der Waals surface area (Å²) in [4.78, 5) is 8.39. The Balaban J connectivity index is 1.78. The fourth-order valence-corrected chi connectivity index (χ4v) is 2.20. The van der Waals surface area contributed by atoms with Crippen LogP contribution in [0, 0.1) is 0 Å². The third-order valence-corrected chi connectivity index (χ3v) is 3.33. The van der Waals surface area contributed by atoms with Gasteiger partial charge in [-0.1, -0.05) is 12.1 Å². The molecule has 2 heterocycles. The average molecular weight is 325 g/mol. The van der Waals surface area contributed by atoms with Gasteiger partial charge >= 0.3 is 0 Å². The first kappa shape index (κ1) is 15.7. The third-order valence-electron chi connectivity index (χ3n) is 3.33. The second-order valence-corrected chi connectivity index (χ2v) is 4.97. The van der Waals surface area contributed by atoms with Crippen LogP contribution < -0.4 is 21.1 Å². The zero-order chi connectivity index (χ0) is 16.8. The number of aromatic nitrogens is 2. The molecule has 7 nitrogen and oxygen atoms in total. The fraction of sp³-hybridized carbons (Fsp3) is 0.176. The third kappa shape index (κ3) is 3.57. The molecule has 0 atom stereocenters. The van der Waals surface area contributed by atoms with E-state index >= 15 is 0 Å². The second kappa shape index (κ2) is 7.36. The van der Waals surface area contributed by atoms with Gasteiger partial charge in [-0.2, -0.15) is 0 Å². The Hall–Kier alpha value is -3.22. The highest BCUT2D eigenvalue weighted by molar-refractivity contribution is 5.79. The topological polar surface area (TPSA) is 98.2 Å². The molecule has 0 spiro atoms. The summed E-state index contributed by atoms with van der Waals surface area (Å²) in [6.07, 6.45) is 3.07. The lowest BCUT2D eigenvalue weighted by atomic mass is 10.3. The molecule has 0 aliphatic heterocycles. The van der Waals surface area contributed by atoms with Gasteiger partial charge < -0.3 is 25.5 Å². The van der Waals surface area contributed by atoms with E-state index in [0.717, 1.165) is 17.2 Å². The number of anilines is 4. The molecular formula is C17H19N5O2. The average Bonchev–Trinajstić information content (AvgIpc) is 3.11. The minimum atomic E-state index is 0.426. The molecule has 7 heteroatoms. The monoisotopic (exact) mass is 325 g/mol. The lowest BCUT2D eigenvalue weighted by Gasteiger charge is -2.14. The number of nitrogen functional groups attached to an aromatic ring is 1. The first-order chi connectivity index (χ1) is 11.8. The highest BCUT2D eigenvalue weighted by Crippen LogP contribution is 2.31. The number of hydrogen-bond donors (Lipinski definition) is 3. The van der Waals surface area contributed by atoms with Crippen molar-refractivity contribution >= 4 is 23.0 Å². The van der Waals surface area contributed by atoms with Crippen molar-refractivity contribution in [3.8, 4) is 5.75 Å². The van der Waals surface area contributed by atoms with Crippen LogP contribution in [-0.4, -0.2) is 16.6 Å². The van der Waals surface area contributed by atoms with Crippen LogP contribution in [0.25, 0.3) is 0 Å². The van der Waals surface area contributed by atoms with Gasteiger partial charge in [-0.15, -0.1) is 0 Å². The summed E-state index contributed by atoms with van der Waals surface area (Å²) in [7, 11) is 0. The number of furan rings is 1. The standard InChI is InChI=1S/C17H19N5O2/c1-2-23-14-8-4-3-7-13(14)22-17-15(18)16(20-11-21-17)19-10-12-6-5-9-24-12/h3-9,11H,2,10,18H2,1H3,(H2,19,20,21,22). The molecule has 0 saturated carbocycles. The van der Waals surface area contributed by atoms with Crippen LogP contribution in [0.3, 0.4) is 0 Å². The maximum atomic E-state index is 6.17. The lowest BCUT2D eigenvalue weighted by Crippen LogP contribution is -2.08. The van der Waals surface area contributed by atoms with Crippen molar-refractivity contribution in [3.63, 3.8) is 0 Å². The van der Waals surface area contributed by atoms with Crippen molar-refractivity contribution in [2.24, 2.45) is 0 Å². The van der Waals surface area contributed by atoms with E-state index in [0.29, 0.717) is 30.5 Å². The smallest absolute Gasteiger partial charge is 0.159 e. The van der Waals surface area contributed by atoms with E-state index in [1.54, 1.807) is 6.26 Å². The van der Waals surface area contributed by atoms with E-state index in [2.05, 4.69) is 20.6 Å². The lowest BCUT2D eigenvalue weighted by molar-refractivity contribution is 0.342. The maximum Gasteiger partial charge on any atom is 0.159 e. The largest absolute Gasteiger partial charge is 0.492 e. The fourth-order valence-electron chi connectivity index (χ4n) is 2.20. The zero-order valence-electron chi connectivity index (χ0n) is 13.3. The number of nitrogens with zero attached hydrogens (tertiary/aromatic N) is 2. The van der Waals surface area contributed by atoms with E-state index in [-0.39, 0.29) is 0 Å². The minimum Gasteiger partial charge on any atom is -0.492 e. The Morgan fingerprint density at radius 3 is 2.75 bits per heavy atom. The van der Waals surface area contributed by atoms with Crippen LogP contribution in [0.15, 0.2) is 53.4 Å². The van der Waals surface area contributed by atoms with Crippen LogP contribution in [0.2, 0.25) is 0 Å². The van der Waals surface area contributed by atoms with Crippen molar-refractivity contribution < 1.29 is 9.15 Å². The maximum absolute atomic E-state index is 6.17. The Bertz CT molecular complexity index is 789. The summed E-state index contributed by atoms with van der Waals surface area (Å²) in [5, 5.41) is 6.33. The molecule has 3 aromatic rings. The van der Waals surface area contributed by atoms with E-state index in [9.17, 15) is 0 Å². The molecule has 0 unspecified atom stereocenters. The number of ether oxygens (including phenoxy) is 1. The molecular weight excluding hydrogens is 306 g/mol.